The lowest BCUT2D eigenvalue weighted by Crippen LogP contribution is -2.42. The molecule has 0 unspecified atom stereocenters. The van der Waals surface area contributed by atoms with Crippen molar-refractivity contribution in [1.82, 2.24) is 29.4 Å². The number of furan rings is 1. The molecule has 0 spiro atoms. The normalized spacial score (nSPS) is 11.3. The van der Waals surface area contributed by atoms with Crippen LogP contribution in [0.1, 0.15) is 18.4 Å². The molecular weight excluding hydrogens is 514 g/mol. The van der Waals surface area contributed by atoms with E-state index in [1.807, 2.05) is 22.9 Å². The monoisotopic (exact) mass is 537 g/mol. The Morgan fingerprint density at radius 3 is 2.23 bits per heavy atom. The largest absolute Gasteiger partial charge is 0.481 e. The number of nitrogens with zero attached hydrogens (tertiary/aromatic N) is 6. The molecule has 15 heteroatoms. The highest BCUT2D eigenvalue weighted by molar-refractivity contribution is 5.90. The fourth-order valence-electron chi connectivity index (χ4n) is 3.72. The van der Waals surface area contributed by atoms with Gasteiger partial charge in [0.1, 0.15) is 0 Å². The smallest absolute Gasteiger partial charge is 0.336 e. The topological polar surface area (TPSA) is 232 Å². The van der Waals surface area contributed by atoms with Crippen LogP contribution in [-0.2, 0) is 27.3 Å². The van der Waals surface area contributed by atoms with Crippen LogP contribution in [0.25, 0.3) is 28.3 Å². The van der Waals surface area contributed by atoms with Crippen molar-refractivity contribution in [2.24, 2.45) is 0 Å². The number of hydrogen-bond donors (Lipinski definition) is 5. The fraction of sp³-hybridized carbons (Fsp3) is 0.208. The van der Waals surface area contributed by atoms with Gasteiger partial charge < -0.3 is 30.6 Å². The van der Waals surface area contributed by atoms with E-state index < -0.39 is 36.4 Å². The van der Waals surface area contributed by atoms with E-state index in [9.17, 15) is 14.4 Å². The second kappa shape index (κ2) is 11.0. The lowest BCUT2D eigenvalue weighted by Gasteiger charge is -2.18. The van der Waals surface area contributed by atoms with Crippen molar-refractivity contribution in [2.45, 2.75) is 31.4 Å². The van der Waals surface area contributed by atoms with E-state index in [4.69, 9.17) is 30.6 Å². The van der Waals surface area contributed by atoms with Gasteiger partial charge in [-0.2, -0.15) is 14.6 Å². The number of rotatable bonds is 9. The Kier molecular flexibility index (Phi) is 7.53. The van der Waals surface area contributed by atoms with E-state index in [0.29, 0.717) is 29.4 Å². The summed E-state index contributed by atoms with van der Waals surface area (Å²) in [6, 6.07) is 13.9. The van der Waals surface area contributed by atoms with Crippen LogP contribution in [0, 0.1) is 0 Å². The van der Waals surface area contributed by atoms with Crippen molar-refractivity contribution >= 4 is 40.5 Å². The molecule has 0 fully saturated rings. The van der Waals surface area contributed by atoms with Crippen molar-refractivity contribution in [2.75, 3.05) is 5.73 Å². The third-order valence-electron chi connectivity index (χ3n) is 5.58. The van der Waals surface area contributed by atoms with E-state index in [1.165, 1.54) is 10.1 Å². The van der Waals surface area contributed by atoms with Gasteiger partial charge in [0, 0.05) is 6.54 Å². The Hall–Kier alpha value is -5.31. The number of hydrogen-bond acceptors (Lipinski definition) is 10. The molecule has 5 rings (SSSR count). The van der Waals surface area contributed by atoms with Crippen molar-refractivity contribution in [3.05, 3.63) is 60.5 Å². The molecule has 0 bridgehead atoms. The molecule has 39 heavy (non-hydrogen) atoms. The zero-order chi connectivity index (χ0) is 28.2. The van der Waals surface area contributed by atoms with Crippen LogP contribution in [0.15, 0.2) is 59.3 Å². The van der Waals surface area contributed by atoms with Crippen LogP contribution in [0.4, 0.5) is 5.95 Å². The first-order valence-electron chi connectivity index (χ1n) is 11.4. The average Bonchev–Trinajstić information content (AvgIpc) is 3.62. The van der Waals surface area contributed by atoms with Gasteiger partial charge in [0.15, 0.2) is 22.7 Å². The highest BCUT2D eigenvalue weighted by Gasteiger charge is 2.40. The van der Waals surface area contributed by atoms with Crippen LogP contribution < -0.4 is 5.73 Å². The summed E-state index contributed by atoms with van der Waals surface area (Å²) < 4.78 is 8.74. The zero-order valence-corrected chi connectivity index (χ0v) is 20.2. The Morgan fingerprint density at radius 1 is 0.949 bits per heavy atom. The predicted octanol–water partition coefficient (Wildman–Crippen LogP) is 1.31. The molecule has 4 aromatic heterocycles. The number of aliphatic hydroxyl groups is 1. The number of carbonyl (C=O) groups is 3. The molecule has 0 atom stereocenters. The molecule has 4 heterocycles. The number of nitrogens with two attached hydrogens (primary N) is 1. The van der Waals surface area contributed by atoms with E-state index >= 15 is 0 Å². The van der Waals surface area contributed by atoms with Gasteiger partial charge in [-0.05, 0) is 24.1 Å². The van der Waals surface area contributed by atoms with E-state index in [1.54, 1.807) is 24.6 Å². The van der Waals surface area contributed by atoms with Gasteiger partial charge >= 0.3 is 17.9 Å². The van der Waals surface area contributed by atoms with E-state index in [0.717, 1.165) is 11.8 Å². The Morgan fingerprint density at radius 2 is 1.64 bits per heavy atom. The molecular formula is C24H23N7O8. The maximum atomic E-state index is 10.3. The maximum Gasteiger partial charge on any atom is 0.336 e. The van der Waals surface area contributed by atoms with Gasteiger partial charge in [-0.3, -0.25) is 9.59 Å². The molecule has 1 aromatic carbocycles. The summed E-state index contributed by atoms with van der Waals surface area (Å²) in [6.07, 6.45) is 1.90. The summed E-state index contributed by atoms with van der Waals surface area (Å²) in [5.41, 5.74) is 5.92. The summed E-state index contributed by atoms with van der Waals surface area (Å²) in [5, 5.41) is 43.5. The summed E-state index contributed by atoms with van der Waals surface area (Å²) in [5.74, 6) is -3.71. The van der Waals surface area contributed by atoms with Crippen LogP contribution in [0.2, 0.25) is 0 Å². The first-order chi connectivity index (χ1) is 18.6. The lowest BCUT2D eigenvalue weighted by molar-refractivity contribution is -0.170. The minimum absolute atomic E-state index is 0.263. The minimum atomic E-state index is -2.74. The number of aromatic nitrogens is 6. The highest BCUT2D eigenvalue weighted by Crippen LogP contribution is 2.23. The number of carboxylic acid groups (broad SMARTS) is 3. The molecule has 202 valence electrons. The summed E-state index contributed by atoms with van der Waals surface area (Å²) in [4.78, 5) is 39.5. The van der Waals surface area contributed by atoms with Crippen molar-refractivity contribution in [3.63, 3.8) is 0 Å². The molecule has 0 radical (unpaired) electrons. The van der Waals surface area contributed by atoms with Gasteiger partial charge in [0.2, 0.25) is 11.8 Å². The second-order valence-electron chi connectivity index (χ2n) is 8.44. The molecule has 0 saturated carbocycles. The number of anilines is 1. The molecule has 0 amide bonds. The molecule has 15 nitrogen and oxygen atoms in total. The molecule has 6 N–H and O–H groups in total. The SMILES string of the molecule is Nc1nc2c(cnn2CCc2ccccc2)c2nc(-c3ccco3)nn12.O=C(O)CC(O)(CC(=O)O)C(=O)O. The Bertz CT molecular complexity index is 1610. The number of fused-ring (bicyclic) bond motifs is 3. The van der Waals surface area contributed by atoms with Gasteiger partial charge in [-0.25, -0.2) is 14.5 Å². The van der Waals surface area contributed by atoms with Crippen molar-refractivity contribution in [1.29, 1.82) is 0 Å². The van der Waals surface area contributed by atoms with E-state index in [2.05, 4.69) is 32.3 Å². The highest BCUT2D eigenvalue weighted by atomic mass is 16.4. The van der Waals surface area contributed by atoms with Crippen LogP contribution >= 0.6 is 0 Å². The third-order valence-corrected chi connectivity index (χ3v) is 5.58. The van der Waals surface area contributed by atoms with E-state index in [-0.39, 0.29) is 5.95 Å². The predicted molar refractivity (Wildman–Crippen MR) is 133 cm³/mol. The minimum Gasteiger partial charge on any atom is -0.481 e. The molecule has 0 aliphatic carbocycles. The zero-order valence-electron chi connectivity index (χ0n) is 20.2. The van der Waals surface area contributed by atoms with Crippen LogP contribution in [-0.4, -0.2) is 73.3 Å². The first kappa shape index (κ1) is 26.7. The van der Waals surface area contributed by atoms with Gasteiger partial charge in [0.05, 0.1) is 30.7 Å². The quantitative estimate of drug-likeness (QED) is 0.179. The Balaban J connectivity index is 0.000000233. The number of carboxylic acids is 3. The molecule has 0 saturated heterocycles. The van der Waals surface area contributed by atoms with Crippen LogP contribution in [0.3, 0.4) is 0 Å². The number of nitrogen functional groups attached to an aromatic ring is 1. The fourth-order valence-corrected chi connectivity index (χ4v) is 3.72. The molecule has 0 aliphatic rings. The van der Waals surface area contributed by atoms with Crippen molar-refractivity contribution in [3.8, 4) is 11.6 Å². The summed E-state index contributed by atoms with van der Waals surface area (Å²) in [7, 11) is 0. The number of aliphatic carboxylic acids is 3. The lowest BCUT2D eigenvalue weighted by atomic mass is 9.96. The summed E-state index contributed by atoms with van der Waals surface area (Å²) >= 11 is 0. The van der Waals surface area contributed by atoms with Crippen molar-refractivity contribution < 1.29 is 39.2 Å². The average molecular weight is 537 g/mol. The summed E-state index contributed by atoms with van der Waals surface area (Å²) in [6.45, 7) is 0.704. The van der Waals surface area contributed by atoms with Gasteiger partial charge in [-0.1, -0.05) is 30.3 Å². The van der Waals surface area contributed by atoms with Gasteiger partial charge in [-0.15, -0.1) is 5.10 Å². The first-order valence-corrected chi connectivity index (χ1v) is 11.4. The molecule has 5 aromatic rings. The van der Waals surface area contributed by atoms with Gasteiger partial charge in [0.25, 0.3) is 0 Å². The maximum absolute atomic E-state index is 10.3. The second-order valence-corrected chi connectivity index (χ2v) is 8.44. The standard InChI is InChI=1S/C18H15N7O.C6H8O7/c19-18-22-16-13(11-20-24(16)9-8-12-5-2-1-3-6-12)17-21-15(23-25(17)18)14-7-4-10-26-14;7-3(8)1-6(13,5(11)12)2-4(9)10/h1-7,10-11H,8-9H2,(H2,19,22);13H,1-2H2,(H,7,8)(H,9,10)(H,11,12). The third kappa shape index (κ3) is 5.99. The van der Waals surface area contributed by atoms with Crippen LogP contribution in [0.5, 0.6) is 0 Å². The Labute approximate surface area is 218 Å². The molecule has 0 aliphatic heterocycles. The number of aryl methyl sites for hydroxylation is 2. The number of benzene rings is 1.